The fraction of sp³-hybridized carbons (Fsp3) is 0.600. The predicted molar refractivity (Wildman–Crippen MR) is 86.3 cm³/mol. The van der Waals surface area contributed by atoms with E-state index in [9.17, 15) is 8.42 Å². The van der Waals surface area contributed by atoms with Crippen molar-refractivity contribution in [3.8, 4) is 5.75 Å². The highest BCUT2D eigenvalue weighted by Gasteiger charge is 2.08. The molecule has 0 heterocycles. The number of hydrogen-bond acceptors (Lipinski definition) is 4. The van der Waals surface area contributed by atoms with E-state index in [1.54, 1.807) is 7.11 Å². The minimum absolute atomic E-state index is 0.195. The molecule has 120 valence electrons. The number of unbranched alkanes of at least 4 members (excludes halogenated alkanes) is 1. The van der Waals surface area contributed by atoms with E-state index >= 15 is 0 Å². The molecule has 0 spiro atoms. The molecule has 0 amide bonds. The average Bonchev–Trinajstić information content (AvgIpc) is 2.47. The van der Waals surface area contributed by atoms with Crippen LogP contribution in [0.1, 0.15) is 25.3 Å². The quantitative estimate of drug-likeness (QED) is 0.608. The molecule has 0 unspecified atom stereocenters. The highest BCUT2D eigenvalue weighted by molar-refractivity contribution is 7.89. The van der Waals surface area contributed by atoms with E-state index in [-0.39, 0.29) is 5.75 Å². The van der Waals surface area contributed by atoms with Gasteiger partial charge in [-0.3, -0.25) is 0 Å². The Hall–Kier alpha value is -1.11. The van der Waals surface area contributed by atoms with Crippen LogP contribution in [0.15, 0.2) is 24.3 Å². The van der Waals surface area contributed by atoms with Gasteiger partial charge < -0.3 is 10.1 Å². The van der Waals surface area contributed by atoms with Crippen LogP contribution in [0.25, 0.3) is 0 Å². The van der Waals surface area contributed by atoms with E-state index in [0.29, 0.717) is 19.4 Å². The number of rotatable bonds is 11. The second kappa shape index (κ2) is 9.76. The average molecular weight is 314 g/mol. The number of nitrogens with one attached hydrogen (secondary N) is 2. The molecule has 0 aromatic heterocycles. The molecule has 1 rings (SSSR count). The van der Waals surface area contributed by atoms with Gasteiger partial charge in [0, 0.05) is 6.54 Å². The van der Waals surface area contributed by atoms with Gasteiger partial charge in [0.1, 0.15) is 5.75 Å². The van der Waals surface area contributed by atoms with Crippen LogP contribution in [0.3, 0.4) is 0 Å². The van der Waals surface area contributed by atoms with Crippen LogP contribution in [-0.4, -0.2) is 40.9 Å². The Bertz CT molecular complexity index is 486. The summed E-state index contributed by atoms with van der Waals surface area (Å²) in [6, 6.07) is 7.65. The summed E-state index contributed by atoms with van der Waals surface area (Å²) in [6.45, 7) is 4.27. The summed E-state index contributed by atoms with van der Waals surface area (Å²) >= 11 is 0. The van der Waals surface area contributed by atoms with Gasteiger partial charge in [0.2, 0.25) is 10.0 Å². The van der Waals surface area contributed by atoms with Crippen LogP contribution in [0.2, 0.25) is 0 Å². The molecular weight excluding hydrogens is 288 g/mol. The summed E-state index contributed by atoms with van der Waals surface area (Å²) in [5.41, 5.74) is 1.09. The maximum Gasteiger partial charge on any atom is 0.211 e. The number of methoxy groups -OCH3 is 1. The molecule has 0 saturated carbocycles. The third kappa shape index (κ3) is 8.04. The second-order valence-electron chi connectivity index (χ2n) is 4.87. The van der Waals surface area contributed by atoms with Crippen LogP contribution in [0.4, 0.5) is 0 Å². The van der Waals surface area contributed by atoms with Gasteiger partial charge in [0.15, 0.2) is 0 Å². The Balaban J connectivity index is 2.23. The van der Waals surface area contributed by atoms with Crippen molar-refractivity contribution in [3.05, 3.63) is 29.8 Å². The van der Waals surface area contributed by atoms with Gasteiger partial charge in [-0.15, -0.1) is 0 Å². The molecule has 0 aliphatic heterocycles. The second-order valence-corrected chi connectivity index (χ2v) is 6.80. The lowest BCUT2D eigenvalue weighted by molar-refractivity contribution is 0.414. The first-order valence-corrected chi connectivity index (χ1v) is 9.03. The summed E-state index contributed by atoms with van der Waals surface area (Å²) in [5.74, 6) is 1.00. The molecule has 1 aromatic rings. The van der Waals surface area contributed by atoms with Crippen molar-refractivity contribution < 1.29 is 13.2 Å². The van der Waals surface area contributed by atoms with Crippen molar-refractivity contribution in [3.63, 3.8) is 0 Å². The summed E-state index contributed by atoms with van der Waals surface area (Å²) in [5, 5.41) is 3.18. The van der Waals surface area contributed by atoms with E-state index in [4.69, 9.17) is 4.74 Å². The van der Waals surface area contributed by atoms with Crippen molar-refractivity contribution >= 4 is 10.0 Å². The number of benzene rings is 1. The lowest BCUT2D eigenvalue weighted by atomic mass is 10.1. The summed E-state index contributed by atoms with van der Waals surface area (Å²) in [7, 11) is -1.53. The minimum atomic E-state index is -3.15. The molecule has 0 bridgehead atoms. The summed E-state index contributed by atoms with van der Waals surface area (Å²) < 4.78 is 31.3. The fourth-order valence-corrected chi connectivity index (χ4v) is 3.08. The van der Waals surface area contributed by atoms with Crippen molar-refractivity contribution in [2.75, 3.05) is 32.5 Å². The van der Waals surface area contributed by atoms with E-state index < -0.39 is 10.0 Å². The van der Waals surface area contributed by atoms with Gasteiger partial charge in [-0.25, -0.2) is 13.1 Å². The van der Waals surface area contributed by atoms with E-state index in [2.05, 4.69) is 10.0 Å². The number of ether oxygens (including phenoxy) is 1. The standard InChI is InChI=1S/C15H26N2O3S/c1-3-16-11-4-5-13-21(18,19)17-12-10-14-6-8-15(20-2)9-7-14/h6-9,16-17H,3-5,10-13H2,1-2H3. The maximum absolute atomic E-state index is 11.8. The SMILES string of the molecule is CCNCCCCS(=O)(=O)NCCc1ccc(OC)cc1. The van der Waals surface area contributed by atoms with E-state index in [1.807, 2.05) is 31.2 Å². The minimum Gasteiger partial charge on any atom is -0.497 e. The van der Waals surface area contributed by atoms with Gasteiger partial charge in [0.25, 0.3) is 0 Å². The Morgan fingerprint density at radius 2 is 1.81 bits per heavy atom. The Morgan fingerprint density at radius 3 is 2.43 bits per heavy atom. The molecule has 6 heteroatoms. The normalized spacial score (nSPS) is 11.5. The van der Waals surface area contributed by atoms with Gasteiger partial charge >= 0.3 is 0 Å². The Labute approximate surface area is 128 Å². The molecule has 0 aliphatic rings. The monoisotopic (exact) mass is 314 g/mol. The molecule has 0 atom stereocenters. The highest BCUT2D eigenvalue weighted by Crippen LogP contribution is 2.11. The maximum atomic E-state index is 11.8. The van der Waals surface area contributed by atoms with Crippen LogP contribution < -0.4 is 14.8 Å². The summed E-state index contributed by atoms with van der Waals surface area (Å²) in [4.78, 5) is 0. The van der Waals surface area contributed by atoms with Gasteiger partial charge in [0.05, 0.1) is 12.9 Å². The molecule has 0 fully saturated rings. The molecule has 21 heavy (non-hydrogen) atoms. The number of hydrogen-bond donors (Lipinski definition) is 2. The smallest absolute Gasteiger partial charge is 0.211 e. The molecule has 2 N–H and O–H groups in total. The van der Waals surface area contributed by atoms with Crippen molar-refractivity contribution in [1.29, 1.82) is 0 Å². The van der Waals surface area contributed by atoms with Gasteiger partial charge in [-0.2, -0.15) is 0 Å². The first kappa shape index (κ1) is 17.9. The molecule has 5 nitrogen and oxygen atoms in total. The first-order valence-electron chi connectivity index (χ1n) is 7.38. The number of sulfonamides is 1. The predicted octanol–water partition coefficient (Wildman–Crippen LogP) is 1.55. The zero-order valence-electron chi connectivity index (χ0n) is 12.9. The van der Waals surface area contributed by atoms with Crippen LogP contribution in [0.5, 0.6) is 5.75 Å². The fourth-order valence-electron chi connectivity index (χ4n) is 1.93. The first-order chi connectivity index (χ1) is 10.1. The van der Waals surface area contributed by atoms with Crippen molar-refractivity contribution in [1.82, 2.24) is 10.0 Å². The Morgan fingerprint density at radius 1 is 1.10 bits per heavy atom. The van der Waals surface area contributed by atoms with Crippen LogP contribution in [-0.2, 0) is 16.4 Å². The van der Waals surface area contributed by atoms with Gasteiger partial charge in [-0.1, -0.05) is 19.1 Å². The summed E-state index contributed by atoms with van der Waals surface area (Å²) in [6.07, 6.45) is 2.25. The lowest BCUT2D eigenvalue weighted by Crippen LogP contribution is -2.28. The van der Waals surface area contributed by atoms with Crippen LogP contribution in [0, 0.1) is 0 Å². The zero-order valence-corrected chi connectivity index (χ0v) is 13.7. The molecule has 1 aromatic carbocycles. The largest absolute Gasteiger partial charge is 0.497 e. The van der Waals surface area contributed by atoms with Gasteiger partial charge in [-0.05, 0) is 50.0 Å². The van der Waals surface area contributed by atoms with E-state index in [1.165, 1.54) is 0 Å². The third-order valence-corrected chi connectivity index (χ3v) is 4.63. The topological polar surface area (TPSA) is 67.4 Å². The third-order valence-electron chi connectivity index (χ3n) is 3.16. The van der Waals surface area contributed by atoms with Crippen LogP contribution >= 0.6 is 0 Å². The van der Waals surface area contributed by atoms with E-state index in [0.717, 1.165) is 30.8 Å². The molecule has 0 saturated heterocycles. The zero-order chi connectivity index (χ0) is 15.6. The molecule has 0 radical (unpaired) electrons. The van der Waals surface area contributed by atoms with Crippen molar-refractivity contribution in [2.24, 2.45) is 0 Å². The molecular formula is C15H26N2O3S. The lowest BCUT2D eigenvalue weighted by Gasteiger charge is -2.07. The van der Waals surface area contributed by atoms with Crippen molar-refractivity contribution in [2.45, 2.75) is 26.2 Å². The highest BCUT2D eigenvalue weighted by atomic mass is 32.2. The molecule has 0 aliphatic carbocycles. The Kier molecular flexibility index (Phi) is 8.34.